The first-order valence-electron chi connectivity index (χ1n) is 16.2. The maximum absolute atomic E-state index is 16.1. The van der Waals surface area contributed by atoms with E-state index in [0.29, 0.717) is 37.5 Å². The van der Waals surface area contributed by atoms with Gasteiger partial charge in [-0.25, -0.2) is 4.39 Å². The summed E-state index contributed by atoms with van der Waals surface area (Å²) in [5, 5.41) is 0. The van der Waals surface area contributed by atoms with Gasteiger partial charge in [-0.15, -0.1) is 0 Å². The second kappa shape index (κ2) is 13.1. The summed E-state index contributed by atoms with van der Waals surface area (Å²) in [6, 6.07) is 16.9. The van der Waals surface area contributed by atoms with Gasteiger partial charge in [0.25, 0.3) is 0 Å². The lowest BCUT2D eigenvalue weighted by atomic mass is 9.41. The minimum atomic E-state index is -0.979. The first-order valence-corrected chi connectivity index (χ1v) is 16.2. The highest BCUT2D eigenvalue weighted by molar-refractivity contribution is 5.98. The number of hydrogen-bond donors (Lipinski definition) is 0. The second-order valence-corrected chi connectivity index (χ2v) is 12.8. The number of unbranched alkanes of at least 4 members (excludes halogenated alkanes) is 4. The standard InChI is InChI=1S/C36H49FO3/c1-3-5-7-25-39-31-13-9-27(10-14-31)29-17-21-35(22-18-29)33(37)36(34(35)38)23-19-30(20-24-36)28-11-15-32(16-12-28)40-26-8-6-4-2/h9-16,29-30,33H,3-8,17-26H2,1-2H3. The Hall–Kier alpha value is -2.36. The zero-order valence-corrected chi connectivity index (χ0v) is 24.8. The molecule has 218 valence electrons. The highest BCUT2D eigenvalue weighted by Gasteiger charge is 2.71. The monoisotopic (exact) mass is 548 g/mol. The molecule has 3 saturated carbocycles. The Kier molecular flexibility index (Phi) is 9.53. The predicted octanol–water partition coefficient (Wildman–Crippen LogP) is 9.73. The molecule has 0 saturated heterocycles. The van der Waals surface area contributed by atoms with Crippen LogP contribution in [0.25, 0.3) is 0 Å². The topological polar surface area (TPSA) is 35.5 Å². The fraction of sp³-hybridized carbons (Fsp3) is 0.639. The number of ether oxygens (including phenoxy) is 2. The summed E-state index contributed by atoms with van der Waals surface area (Å²) in [4.78, 5) is 13.7. The number of alkyl halides is 1. The summed E-state index contributed by atoms with van der Waals surface area (Å²) in [6.45, 7) is 5.93. The Balaban J connectivity index is 1.10. The van der Waals surface area contributed by atoms with Crippen molar-refractivity contribution in [3.05, 3.63) is 59.7 Å². The van der Waals surface area contributed by atoms with Crippen LogP contribution < -0.4 is 9.47 Å². The van der Waals surface area contributed by atoms with Gasteiger partial charge in [-0.05, 0) is 111 Å². The van der Waals surface area contributed by atoms with Gasteiger partial charge < -0.3 is 9.47 Å². The third kappa shape index (κ3) is 5.83. The molecule has 0 unspecified atom stereocenters. The molecule has 4 heteroatoms. The molecule has 3 nitrogen and oxygen atoms in total. The van der Waals surface area contributed by atoms with Crippen molar-refractivity contribution in [3.63, 3.8) is 0 Å². The quantitative estimate of drug-likeness (QED) is 0.248. The molecule has 40 heavy (non-hydrogen) atoms. The van der Waals surface area contributed by atoms with E-state index >= 15 is 4.39 Å². The number of benzene rings is 2. The lowest BCUT2D eigenvalue weighted by molar-refractivity contribution is -0.191. The maximum Gasteiger partial charge on any atom is 0.151 e. The zero-order chi connectivity index (χ0) is 28.0. The highest BCUT2D eigenvalue weighted by atomic mass is 19.1. The van der Waals surface area contributed by atoms with Gasteiger partial charge in [0.1, 0.15) is 17.7 Å². The number of rotatable bonds is 12. The van der Waals surface area contributed by atoms with Crippen molar-refractivity contribution in [3.8, 4) is 11.5 Å². The number of Topliss-reactive ketones (excluding diaryl/α,β-unsaturated/α-hetero) is 1. The van der Waals surface area contributed by atoms with Crippen molar-refractivity contribution < 1.29 is 18.7 Å². The normalized spacial score (nSPS) is 29.9. The van der Waals surface area contributed by atoms with Crippen LogP contribution in [0, 0.1) is 10.8 Å². The number of halogens is 1. The average Bonchev–Trinajstić information content (AvgIpc) is 3.02. The number of ketones is 1. The fourth-order valence-electron chi connectivity index (χ4n) is 7.83. The van der Waals surface area contributed by atoms with Crippen LogP contribution in [0.4, 0.5) is 4.39 Å². The van der Waals surface area contributed by atoms with E-state index in [9.17, 15) is 4.79 Å². The molecule has 2 aromatic rings. The summed E-state index contributed by atoms with van der Waals surface area (Å²) < 4.78 is 27.8. The van der Waals surface area contributed by atoms with E-state index in [1.54, 1.807) is 0 Å². The Morgan fingerprint density at radius 2 is 1.02 bits per heavy atom. The van der Waals surface area contributed by atoms with Gasteiger partial charge in [0.15, 0.2) is 5.78 Å². The van der Waals surface area contributed by atoms with E-state index in [-0.39, 0.29) is 5.78 Å². The highest BCUT2D eigenvalue weighted by Crippen LogP contribution is 2.66. The Morgan fingerprint density at radius 3 is 1.35 bits per heavy atom. The molecule has 3 fully saturated rings. The second-order valence-electron chi connectivity index (χ2n) is 12.8. The van der Waals surface area contributed by atoms with Gasteiger partial charge in [0, 0.05) is 0 Å². The minimum absolute atomic E-state index is 0.246. The molecule has 0 aliphatic heterocycles. The summed E-state index contributed by atoms with van der Waals surface area (Å²) in [7, 11) is 0. The molecule has 0 N–H and O–H groups in total. The molecule has 0 radical (unpaired) electrons. The van der Waals surface area contributed by atoms with E-state index < -0.39 is 17.0 Å². The SMILES string of the molecule is CCCCCOc1ccc(C2CCC3(CC2)C(=O)C2(CCC(c4ccc(OCCCCC)cc4)CC2)C3F)cc1. The van der Waals surface area contributed by atoms with E-state index in [1.165, 1.54) is 36.8 Å². The van der Waals surface area contributed by atoms with Gasteiger partial charge >= 0.3 is 0 Å². The lowest BCUT2D eigenvalue weighted by Crippen LogP contribution is -2.69. The molecular weight excluding hydrogens is 499 g/mol. The minimum Gasteiger partial charge on any atom is -0.494 e. The fourth-order valence-corrected chi connectivity index (χ4v) is 7.83. The first kappa shape index (κ1) is 29.1. The molecule has 0 atom stereocenters. The average molecular weight is 549 g/mol. The summed E-state index contributed by atoms with van der Waals surface area (Å²) in [5.41, 5.74) is 1.15. The van der Waals surface area contributed by atoms with E-state index in [1.807, 2.05) is 0 Å². The molecule has 0 bridgehead atoms. The molecule has 0 amide bonds. The van der Waals surface area contributed by atoms with Crippen LogP contribution in [0.15, 0.2) is 48.5 Å². The lowest BCUT2D eigenvalue weighted by Gasteiger charge is -2.61. The Labute approximate surface area is 241 Å². The van der Waals surface area contributed by atoms with Crippen LogP contribution in [0.3, 0.4) is 0 Å². The van der Waals surface area contributed by atoms with Crippen molar-refractivity contribution in [2.45, 2.75) is 122 Å². The van der Waals surface area contributed by atoms with Crippen molar-refractivity contribution in [2.75, 3.05) is 13.2 Å². The molecule has 2 aromatic carbocycles. The van der Waals surface area contributed by atoms with Crippen molar-refractivity contribution >= 4 is 5.78 Å². The third-order valence-corrected chi connectivity index (χ3v) is 10.4. The molecule has 3 aliphatic rings. The van der Waals surface area contributed by atoms with Crippen LogP contribution in [0.1, 0.15) is 127 Å². The smallest absolute Gasteiger partial charge is 0.151 e. The largest absolute Gasteiger partial charge is 0.494 e. The molecule has 0 heterocycles. The summed E-state index contributed by atoms with van der Waals surface area (Å²) in [5.74, 6) is 2.91. The van der Waals surface area contributed by atoms with Gasteiger partial charge in [0.2, 0.25) is 0 Å². The van der Waals surface area contributed by atoms with Crippen LogP contribution in [-0.4, -0.2) is 25.2 Å². The Bertz CT molecular complexity index is 991. The van der Waals surface area contributed by atoms with E-state index in [4.69, 9.17) is 9.47 Å². The summed E-state index contributed by atoms with van der Waals surface area (Å²) in [6.07, 6.45) is 12.3. The van der Waals surface area contributed by atoms with Crippen LogP contribution in [-0.2, 0) is 4.79 Å². The third-order valence-electron chi connectivity index (χ3n) is 10.4. The van der Waals surface area contributed by atoms with Crippen LogP contribution >= 0.6 is 0 Å². The number of carbonyl (C=O) groups excluding carboxylic acids is 1. The van der Waals surface area contributed by atoms with E-state index in [0.717, 1.165) is 63.2 Å². The van der Waals surface area contributed by atoms with Crippen LogP contribution in [0.2, 0.25) is 0 Å². The van der Waals surface area contributed by atoms with Gasteiger partial charge in [0.05, 0.1) is 24.0 Å². The van der Waals surface area contributed by atoms with Crippen molar-refractivity contribution in [1.82, 2.24) is 0 Å². The van der Waals surface area contributed by atoms with Crippen molar-refractivity contribution in [2.24, 2.45) is 10.8 Å². The molecule has 2 spiro atoms. The zero-order valence-electron chi connectivity index (χ0n) is 24.8. The molecule has 3 aliphatic carbocycles. The maximum atomic E-state index is 16.1. The van der Waals surface area contributed by atoms with Gasteiger partial charge in [-0.2, -0.15) is 0 Å². The number of carbonyl (C=O) groups is 1. The molecular formula is C36H49FO3. The van der Waals surface area contributed by atoms with E-state index in [2.05, 4.69) is 62.4 Å². The first-order chi connectivity index (χ1) is 19.5. The van der Waals surface area contributed by atoms with Crippen LogP contribution in [0.5, 0.6) is 11.5 Å². The molecule has 5 rings (SSSR count). The van der Waals surface area contributed by atoms with Crippen molar-refractivity contribution in [1.29, 1.82) is 0 Å². The molecule has 0 aromatic heterocycles. The summed E-state index contributed by atoms with van der Waals surface area (Å²) >= 11 is 0. The Morgan fingerprint density at radius 1 is 0.650 bits per heavy atom. The number of hydrogen-bond acceptors (Lipinski definition) is 3. The van der Waals surface area contributed by atoms with Gasteiger partial charge in [-0.1, -0.05) is 63.8 Å². The predicted molar refractivity (Wildman–Crippen MR) is 160 cm³/mol. The van der Waals surface area contributed by atoms with Gasteiger partial charge in [-0.3, -0.25) is 4.79 Å².